The van der Waals surface area contributed by atoms with E-state index >= 15 is 0 Å². The standard InChI is InChI=1S/C16H26ClN/c1-2-3-10-18-11-8-15(9-12-18)13-14-4-6-16(17)7-5-14/h1,14-16H,3-13H2. The Labute approximate surface area is 117 Å². The Balaban J connectivity index is 1.63. The van der Waals surface area contributed by atoms with Crippen LogP contribution in [0, 0.1) is 24.2 Å². The SMILES string of the molecule is C#CCCN1CCC(CC2CCC(Cl)CC2)CC1. The number of hydrogen-bond donors (Lipinski definition) is 0. The number of nitrogens with zero attached hydrogens (tertiary/aromatic N) is 1. The van der Waals surface area contributed by atoms with Crippen molar-refractivity contribution in [3.63, 3.8) is 0 Å². The van der Waals surface area contributed by atoms with Crippen LogP contribution in [-0.4, -0.2) is 29.9 Å². The van der Waals surface area contributed by atoms with Gasteiger partial charge in [-0.15, -0.1) is 23.9 Å². The summed E-state index contributed by atoms with van der Waals surface area (Å²) in [4.78, 5) is 2.53. The largest absolute Gasteiger partial charge is 0.302 e. The fourth-order valence-electron chi connectivity index (χ4n) is 3.50. The van der Waals surface area contributed by atoms with Crippen molar-refractivity contribution in [1.82, 2.24) is 4.90 Å². The molecule has 1 heterocycles. The van der Waals surface area contributed by atoms with Crippen molar-refractivity contribution in [3.05, 3.63) is 0 Å². The van der Waals surface area contributed by atoms with Gasteiger partial charge in [0.15, 0.2) is 0 Å². The maximum atomic E-state index is 6.17. The van der Waals surface area contributed by atoms with Crippen molar-refractivity contribution in [2.24, 2.45) is 11.8 Å². The minimum absolute atomic E-state index is 0.465. The highest BCUT2D eigenvalue weighted by Crippen LogP contribution is 2.34. The molecule has 1 aliphatic heterocycles. The molecule has 2 heteroatoms. The molecule has 2 rings (SSSR count). The number of terminal acetylenes is 1. The van der Waals surface area contributed by atoms with Gasteiger partial charge in [-0.2, -0.15) is 0 Å². The molecule has 1 saturated heterocycles. The molecular weight excluding hydrogens is 242 g/mol. The average Bonchev–Trinajstić information content (AvgIpc) is 2.41. The molecule has 2 aliphatic rings. The number of piperidine rings is 1. The minimum Gasteiger partial charge on any atom is -0.302 e. The number of rotatable bonds is 4. The summed E-state index contributed by atoms with van der Waals surface area (Å²) >= 11 is 6.17. The van der Waals surface area contributed by atoms with Gasteiger partial charge in [-0.25, -0.2) is 0 Å². The third kappa shape index (κ3) is 4.48. The molecule has 102 valence electrons. The van der Waals surface area contributed by atoms with Crippen molar-refractivity contribution in [3.8, 4) is 12.3 Å². The second-order valence-electron chi connectivity index (χ2n) is 6.09. The molecule has 0 N–H and O–H groups in total. The lowest BCUT2D eigenvalue weighted by atomic mass is 9.79. The van der Waals surface area contributed by atoms with Gasteiger partial charge in [0, 0.05) is 18.3 Å². The van der Waals surface area contributed by atoms with Crippen LogP contribution in [0.3, 0.4) is 0 Å². The molecule has 0 unspecified atom stereocenters. The van der Waals surface area contributed by atoms with E-state index in [0.29, 0.717) is 5.38 Å². The zero-order chi connectivity index (χ0) is 12.8. The zero-order valence-electron chi connectivity index (χ0n) is 11.4. The lowest BCUT2D eigenvalue weighted by Crippen LogP contribution is -2.35. The molecule has 0 bridgehead atoms. The first-order valence-corrected chi connectivity index (χ1v) is 8.01. The van der Waals surface area contributed by atoms with E-state index < -0.39 is 0 Å². The summed E-state index contributed by atoms with van der Waals surface area (Å²) in [6.45, 7) is 3.62. The van der Waals surface area contributed by atoms with Gasteiger partial charge in [0.25, 0.3) is 0 Å². The molecule has 18 heavy (non-hydrogen) atoms. The number of hydrogen-bond acceptors (Lipinski definition) is 1. The van der Waals surface area contributed by atoms with Crippen LogP contribution in [0.15, 0.2) is 0 Å². The van der Waals surface area contributed by atoms with Gasteiger partial charge in [-0.05, 0) is 69.9 Å². The van der Waals surface area contributed by atoms with Gasteiger partial charge in [-0.3, -0.25) is 0 Å². The maximum absolute atomic E-state index is 6.17. The van der Waals surface area contributed by atoms with Crippen LogP contribution in [-0.2, 0) is 0 Å². The van der Waals surface area contributed by atoms with Crippen LogP contribution < -0.4 is 0 Å². The van der Waals surface area contributed by atoms with Crippen molar-refractivity contribution in [2.45, 2.75) is 56.7 Å². The third-order valence-electron chi connectivity index (χ3n) is 4.72. The predicted molar refractivity (Wildman–Crippen MR) is 78.8 cm³/mol. The summed E-state index contributed by atoms with van der Waals surface area (Å²) < 4.78 is 0. The van der Waals surface area contributed by atoms with E-state index in [0.717, 1.165) is 24.8 Å². The summed E-state index contributed by atoms with van der Waals surface area (Å²) in [5, 5.41) is 0.465. The van der Waals surface area contributed by atoms with Crippen molar-refractivity contribution in [1.29, 1.82) is 0 Å². The molecule has 0 radical (unpaired) electrons. The van der Waals surface area contributed by atoms with E-state index in [9.17, 15) is 0 Å². The van der Waals surface area contributed by atoms with Crippen LogP contribution in [0.4, 0.5) is 0 Å². The first-order valence-electron chi connectivity index (χ1n) is 7.58. The highest BCUT2D eigenvalue weighted by Gasteiger charge is 2.25. The minimum atomic E-state index is 0.465. The molecule has 0 aromatic rings. The van der Waals surface area contributed by atoms with Crippen LogP contribution >= 0.6 is 11.6 Å². The Hall–Kier alpha value is -0.190. The maximum Gasteiger partial charge on any atom is 0.0336 e. The third-order valence-corrected chi connectivity index (χ3v) is 5.16. The summed E-state index contributed by atoms with van der Waals surface area (Å²) in [5.41, 5.74) is 0. The Kier molecular flexibility index (Phi) is 5.86. The normalized spacial score (nSPS) is 31.1. The molecule has 1 saturated carbocycles. The Morgan fingerprint density at radius 3 is 2.22 bits per heavy atom. The van der Waals surface area contributed by atoms with Gasteiger partial charge >= 0.3 is 0 Å². The van der Waals surface area contributed by atoms with E-state index in [1.54, 1.807) is 0 Å². The van der Waals surface area contributed by atoms with Crippen LogP contribution in [0.1, 0.15) is 51.4 Å². The van der Waals surface area contributed by atoms with E-state index in [1.165, 1.54) is 58.0 Å². The fourth-order valence-corrected chi connectivity index (χ4v) is 3.75. The molecule has 1 nitrogen and oxygen atoms in total. The van der Waals surface area contributed by atoms with Gasteiger partial charge in [0.2, 0.25) is 0 Å². The van der Waals surface area contributed by atoms with E-state index in [4.69, 9.17) is 18.0 Å². The summed E-state index contributed by atoms with van der Waals surface area (Å²) in [5.74, 6) is 4.66. The first kappa shape index (κ1) is 14.2. The monoisotopic (exact) mass is 267 g/mol. The van der Waals surface area contributed by atoms with Gasteiger partial charge in [0.1, 0.15) is 0 Å². The van der Waals surface area contributed by atoms with Crippen molar-refractivity contribution >= 4 is 11.6 Å². The molecular formula is C16H26ClN. The van der Waals surface area contributed by atoms with Crippen LogP contribution in [0.2, 0.25) is 0 Å². The quantitative estimate of drug-likeness (QED) is 0.551. The zero-order valence-corrected chi connectivity index (χ0v) is 12.2. The summed E-state index contributed by atoms with van der Waals surface area (Å²) in [6, 6.07) is 0. The molecule has 0 aromatic carbocycles. The average molecular weight is 268 g/mol. The topological polar surface area (TPSA) is 3.24 Å². The highest BCUT2D eigenvalue weighted by atomic mass is 35.5. The lowest BCUT2D eigenvalue weighted by Gasteiger charge is -2.34. The molecule has 1 aliphatic carbocycles. The smallest absolute Gasteiger partial charge is 0.0336 e. The van der Waals surface area contributed by atoms with Gasteiger partial charge in [-0.1, -0.05) is 0 Å². The summed E-state index contributed by atoms with van der Waals surface area (Å²) in [7, 11) is 0. The number of alkyl halides is 1. The molecule has 0 spiro atoms. The number of halogens is 1. The number of likely N-dealkylation sites (tertiary alicyclic amines) is 1. The van der Waals surface area contributed by atoms with Crippen molar-refractivity contribution in [2.75, 3.05) is 19.6 Å². The van der Waals surface area contributed by atoms with Gasteiger partial charge < -0.3 is 4.90 Å². The summed E-state index contributed by atoms with van der Waals surface area (Å²) in [6.07, 6.45) is 15.7. The molecule has 0 amide bonds. The van der Waals surface area contributed by atoms with E-state index in [2.05, 4.69) is 10.8 Å². The second kappa shape index (κ2) is 7.41. The van der Waals surface area contributed by atoms with E-state index in [-0.39, 0.29) is 0 Å². The lowest BCUT2D eigenvalue weighted by molar-refractivity contribution is 0.161. The Morgan fingerprint density at radius 1 is 1.00 bits per heavy atom. The highest BCUT2D eigenvalue weighted by molar-refractivity contribution is 6.20. The van der Waals surface area contributed by atoms with Crippen LogP contribution in [0.25, 0.3) is 0 Å². The van der Waals surface area contributed by atoms with Crippen molar-refractivity contribution < 1.29 is 0 Å². The van der Waals surface area contributed by atoms with Gasteiger partial charge in [0.05, 0.1) is 0 Å². The molecule has 0 atom stereocenters. The Bertz CT molecular complexity index is 267. The molecule has 2 fully saturated rings. The first-order chi connectivity index (χ1) is 8.78. The Morgan fingerprint density at radius 2 is 1.61 bits per heavy atom. The van der Waals surface area contributed by atoms with E-state index in [1.807, 2.05) is 0 Å². The molecule has 0 aromatic heterocycles. The second-order valence-corrected chi connectivity index (χ2v) is 6.71. The predicted octanol–water partition coefficient (Wildman–Crippen LogP) is 3.91. The van der Waals surface area contributed by atoms with Crippen LogP contribution in [0.5, 0.6) is 0 Å². The fraction of sp³-hybridized carbons (Fsp3) is 0.875.